The number of rotatable bonds is 3. The van der Waals surface area contributed by atoms with Crippen LogP contribution >= 0.6 is 0 Å². The number of piperidine rings is 1. The van der Waals surface area contributed by atoms with Gasteiger partial charge >= 0.3 is 0 Å². The Hall–Kier alpha value is -0.610. The molecule has 3 aliphatic rings. The van der Waals surface area contributed by atoms with Gasteiger partial charge in [0, 0.05) is 24.5 Å². The van der Waals surface area contributed by atoms with E-state index >= 15 is 0 Å². The van der Waals surface area contributed by atoms with Gasteiger partial charge in [-0.1, -0.05) is 13.3 Å². The number of hydrogen-bond acceptors (Lipinski definition) is 3. The minimum absolute atomic E-state index is 0.170. The zero-order chi connectivity index (χ0) is 12.5. The van der Waals surface area contributed by atoms with E-state index < -0.39 is 0 Å². The first kappa shape index (κ1) is 12.4. The molecule has 4 heteroatoms. The quantitative estimate of drug-likeness (QED) is 0.771. The summed E-state index contributed by atoms with van der Waals surface area (Å²) in [6.45, 7) is 6.51. The lowest BCUT2D eigenvalue weighted by atomic mass is 9.88. The van der Waals surface area contributed by atoms with E-state index in [1.165, 1.54) is 32.4 Å². The molecule has 3 atom stereocenters. The standard InChI is InChI=1S/C14H25N3O/c1-10(11-8-15-9-11)14(18)16-12-5-7-17-6-3-2-4-13(12)17/h10-13,15H,2-9H2,1H3,(H,16,18). The Morgan fingerprint density at radius 1 is 1.28 bits per heavy atom. The first-order chi connectivity index (χ1) is 8.75. The van der Waals surface area contributed by atoms with Crippen molar-refractivity contribution in [2.75, 3.05) is 26.2 Å². The summed E-state index contributed by atoms with van der Waals surface area (Å²) in [6, 6.07) is 1.03. The molecule has 3 saturated heterocycles. The molecule has 0 bridgehead atoms. The predicted molar refractivity (Wildman–Crippen MR) is 71.3 cm³/mol. The third kappa shape index (κ3) is 2.28. The molecular formula is C14H25N3O. The average molecular weight is 251 g/mol. The first-order valence-corrected chi connectivity index (χ1v) is 7.51. The maximum Gasteiger partial charge on any atom is 0.223 e. The van der Waals surface area contributed by atoms with Crippen LogP contribution in [0.2, 0.25) is 0 Å². The van der Waals surface area contributed by atoms with Crippen molar-refractivity contribution in [3.8, 4) is 0 Å². The SMILES string of the molecule is CC(C(=O)NC1CCN2CCCCC12)C1CNC1. The molecule has 3 aliphatic heterocycles. The maximum absolute atomic E-state index is 12.3. The summed E-state index contributed by atoms with van der Waals surface area (Å²) in [7, 11) is 0. The Labute approximate surface area is 109 Å². The van der Waals surface area contributed by atoms with E-state index in [9.17, 15) is 4.79 Å². The van der Waals surface area contributed by atoms with E-state index in [1.807, 2.05) is 0 Å². The predicted octanol–water partition coefficient (Wildman–Crippen LogP) is 0.585. The van der Waals surface area contributed by atoms with Gasteiger partial charge in [0.2, 0.25) is 5.91 Å². The molecule has 0 radical (unpaired) electrons. The second-order valence-electron chi connectivity index (χ2n) is 6.21. The van der Waals surface area contributed by atoms with Gasteiger partial charge in [-0.3, -0.25) is 9.69 Å². The van der Waals surface area contributed by atoms with Gasteiger partial charge in [0.25, 0.3) is 0 Å². The lowest BCUT2D eigenvalue weighted by molar-refractivity contribution is -0.127. The molecule has 1 amide bonds. The van der Waals surface area contributed by atoms with Gasteiger partial charge in [-0.2, -0.15) is 0 Å². The first-order valence-electron chi connectivity index (χ1n) is 7.51. The number of carbonyl (C=O) groups excluding carboxylic acids is 1. The van der Waals surface area contributed by atoms with Crippen LogP contribution in [0.15, 0.2) is 0 Å². The number of hydrogen-bond donors (Lipinski definition) is 2. The minimum atomic E-state index is 0.170. The molecule has 0 saturated carbocycles. The van der Waals surface area contributed by atoms with Crippen molar-refractivity contribution in [2.45, 2.75) is 44.7 Å². The summed E-state index contributed by atoms with van der Waals surface area (Å²) in [4.78, 5) is 14.8. The van der Waals surface area contributed by atoms with Gasteiger partial charge in [-0.25, -0.2) is 0 Å². The van der Waals surface area contributed by atoms with Crippen LogP contribution in [-0.4, -0.2) is 49.1 Å². The van der Waals surface area contributed by atoms with Crippen LogP contribution in [0.25, 0.3) is 0 Å². The largest absolute Gasteiger partial charge is 0.352 e. The molecule has 0 aromatic carbocycles. The summed E-state index contributed by atoms with van der Waals surface area (Å²) in [5.41, 5.74) is 0. The number of carbonyl (C=O) groups is 1. The zero-order valence-electron chi connectivity index (χ0n) is 11.3. The number of nitrogens with one attached hydrogen (secondary N) is 2. The summed E-state index contributed by atoms with van der Waals surface area (Å²) in [6.07, 6.45) is 5.08. The lowest BCUT2D eigenvalue weighted by Crippen LogP contribution is -2.53. The molecule has 102 valence electrons. The van der Waals surface area contributed by atoms with Crippen LogP contribution < -0.4 is 10.6 Å². The lowest BCUT2D eigenvalue weighted by Gasteiger charge is -2.35. The number of fused-ring (bicyclic) bond motifs is 1. The minimum Gasteiger partial charge on any atom is -0.352 e. The Morgan fingerprint density at radius 3 is 2.83 bits per heavy atom. The fraction of sp³-hybridized carbons (Fsp3) is 0.929. The van der Waals surface area contributed by atoms with Gasteiger partial charge in [0.05, 0.1) is 0 Å². The Bertz CT molecular complexity index is 316. The maximum atomic E-state index is 12.3. The third-order valence-electron chi connectivity index (χ3n) is 5.12. The average Bonchev–Trinajstić information content (AvgIpc) is 2.70. The molecule has 3 heterocycles. The van der Waals surface area contributed by atoms with Gasteiger partial charge in [-0.15, -0.1) is 0 Å². The highest BCUT2D eigenvalue weighted by atomic mass is 16.2. The normalized spacial score (nSPS) is 34.7. The van der Waals surface area contributed by atoms with Crippen molar-refractivity contribution in [1.82, 2.24) is 15.5 Å². The smallest absolute Gasteiger partial charge is 0.223 e. The van der Waals surface area contributed by atoms with Gasteiger partial charge in [0.1, 0.15) is 0 Å². The summed E-state index contributed by atoms with van der Waals surface area (Å²) >= 11 is 0. The molecule has 2 N–H and O–H groups in total. The van der Waals surface area contributed by atoms with E-state index in [4.69, 9.17) is 0 Å². The third-order valence-corrected chi connectivity index (χ3v) is 5.12. The molecular weight excluding hydrogens is 226 g/mol. The molecule has 3 fully saturated rings. The summed E-state index contributed by atoms with van der Waals surface area (Å²) in [5, 5.41) is 6.57. The zero-order valence-corrected chi connectivity index (χ0v) is 11.3. The van der Waals surface area contributed by atoms with E-state index in [0.717, 1.165) is 19.5 Å². The van der Waals surface area contributed by atoms with E-state index in [-0.39, 0.29) is 11.8 Å². The van der Waals surface area contributed by atoms with Crippen molar-refractivity contribution < 1.29 is 4.79 Å². The van der Waals surface area contributed by atoms with Crippen LogP contribution in [0.1, 0.15) is 32.6 Å². The monoisotopic (exact) mass is 251 g/mol. The van der Waals surface area contributed by atoms with Crippen LogP contribution in [0.4, 0.5) is 0 Å². The van der Waals surface area contributed by atoms with Gasteiger partial charge < -0.3 is 10.6 Å². The van der Waals surface area contributed by atoms with Crippen molar-refractivity contribution in [2.24, 2.45) is 11.8 Å². The Balaban J connectivity index is 1.54. The van der Waals surface area contributed by atoms with E-state index in [2.05, 4.69) is 22.5 Å². The molecule has 0 aliphatic carbocycles. The molecule has 3 rings (SSSR count). The molecule has 0 aromatic heterocycles. The van der Waals surface area contributed by atoms with Crippen molar-refractivity contribution in [3.63, 3.8) is 0 Å². The second kappa shape index (κ2) is 5.17. The number of nitrogens with zero attached hydrogens (tertiary/aromatic N) is 1. The molecule has 18 heavy (non-hydrogen) atoms. The van der Waals surface area contributed by atoms with Crippen molar-refractivity contribution in [1.29, 1.82) is 0 Å². The molecule has 0 aromatic rings. The van der Waals surface area contributed by atoms with Crippen LogP contribution in [0, 0.1) is 11.8 Å². The Morgan fingerprint density at radius 2 is 2.11 bits per heavy atom. The Kier molecular flexibility index (Phi) is 3.57. The summed E-state index contributed by atoms with van der Waals surface area (Å²) in [5.74, 6) is 0.997. The van der Waals surface area contributed by atoms with Crippen LogP contribution in [0.3, 0.4) is 0 Å². The molecule has 3 unspecified atom stereocenters. The van der Waals surface area contributed by atoms with Crippen molar-refractivity contribution >= 4 is 5.91 Å². The van der Waals surface area contributed by atoms with Gasteiger partial charge in [-0.05, 0) is 44.8 Å². The number of amides is 1. The fourth-order valence-corrected chi connectivity index (χ4v) is 3.61. The topological polar surface area (TPSA) is 44.4 Å². The van der Waals surface area contributed by atoms with Crippen LogP contribution in [-0.2, 0) is 4.79 Å². The molecule has 0 spiro atoms. The summed E-state index contributed by atoms with van der Waals surface area (Å²) < 4.78 is 0. The van der Waals surface area contributed by atoms with Crippen LogP contribution in [0.5, 0.6) is 0 Å². The fourth-order valence-electron chi connectivity index (χ4n) is 3.61. The van der Waals surface area contributed by atoms with Gasteiger partial charge in [0.15, 0.2) is 0 Å². The highest BCUT2D eigenvalue weighted by Crippen LogP contribution is 2.27. The van der Waals surface area contributed by atoms with E-state index in [1.54, 1.807) is 0 Å². The van der Waals surface area contributed by atoms with Crippen molar-refractivity contribution in [3.05, 3.63) is 0 Å². The second-order valence-corrected chi connectivity index (χ2v) is 6.21. The highest BCUT2D eigenvalue weighted by Gasteiger charge is 2.38. The van der Waals surface area contributed by atoms with E-state index in [0.29, 0.717) is 18.0 Å². The molecule has 4 nitrogen and oxygen atoms in total. The highest BCUT2D eigenvalue weighted by molar-refractivity contribution is 5.79.